The highest BCUT2D eigenvalue weighted by molar-refractivity contribution is 6.27. The molecule has 0 aliphatic carbocycles. The van der Waals surface area contributed by atoms with Gasteiger partial charge in [-0.1, -0.05) is 0 Å². The highest BCUT2D eigenvalue weighted by Gasteiger charge is 2.30. The van der Waals surface area contributed by atoms with Crippen molar-refractivity contribution >= 4 is 34.1 Å². The molecule has 1 aliphatic heterocycles. The number of fused-ring (bicyclic) bond motifs is 1. The number of rotatable bonds is 7. The van der Waals surface area contributed by atoms with Crippen LogP contribution in [0.15, 0.2) is 84.7 Å². The fourth-order valence-corrected chi connectivity index (χ4v) is 4.19. The predicted octanol–water partition coefficient (Wildman–Crippen LogP) is 4.94. The van der Waals surface area contributed by atoms with E-state index in [-0.39, 0.29) is 12.2 Å². The van der Waals surface area contributed by atoms with Gasteiger partial charge in [-0.3, -0.25) is 19.5 Å². The Bertz CT molecular complexity index is 1570. The summed E-state index contributed by atoms with van der Waals surface area (Å²) in [6.07, 6.45) is 3.13. The number of pyridine rings is 1. The molecule has 5 rings (SSSR count). The summed E-state index contributed by atoms with van der Waals surface area (Å²) in [4.78, 5) is 33.6. The minimum Gasteiger partial charge on any atom is -0.493 e. The number of methoxy groups -OCH3 is 2. The van der Waals surface area contributed by atoms with E-state index in [1.165, 1.54) is 35.4 Å². The summed E-state index contributed by atoms with van der Waals surface area (Å²) in [5.74, 6) is 0.770. The zero-order valence-electron chi connectivity index (χ0n) is 21.5. The first-order valence-corrected chi connectivity index (χ1v) is 12.0. The average molecular weight is 529 g/mol. The summed E-state index contributed by atoms with van der Waals surface area (Å²) < 4.78 is 30.2. The molecule has 0 atom stereocenters. The van der Waals surface area contributed by atoms with Gasteiger partial charge < -0.3 is 24.4 Å². The summed E-state index contributed by atoms with van der Waals surface area (Å²) in [5.41, 5.74) is 1.61. The van der Waals surface area contributed by atoms with E-state index in [4.69, 9.17) is 14.2 Å². The molecular formula is C29H25FN4O5. The van der Waals surface area contributed by atoms with E-state index in [9.17, 15) is 14.0 Å². The Balaban J connectivity index is 1.31. The lowest BCUT2D eigenvalue weighted by Gasteiger charge is -2.32. The molecule has 0 bridgehead atoms. The van der Waals surface area contributed by atoms with Gasteiger partial charge >= 0.3 is 0 Å². The van der Waals surface area contributed by atoms with Crippen molar-refractivity contribution in [2.24, 2.45) is 0 Å². The maximum atomic E-state index is 13.3. The van der Waals surface area contributed by atoms with Crippen LogP contribution in [0.5, 0.6) is 23.0 Å². The number of nitrogens with one attached hydrogen (secondary N) is 1. The number of ether oxygens (including phenoxy) is 3. The van der Waals surface area contributed by atoms with Gasteiger partial charge in [0, 0.05) is 42.3 Å². The Morgan fingerprint density at radius 2 is 1.64 bits per heavy atom. The van der Waals surface area contributed by atoms with Crippen molar-refractivity contribution in [3.63, 3.8) is 0 Å². The Morgan fingerprint density at radius 3 is 2.33 bits per heavy atom. The molecule has 2 amide bonds. The number of benzene rings is 3. The number of carbonyl (C=O) groups excluding carboxylic acids is 2. The lowest BCUT2D eigenvalue weighted by molar-refractivity contribution is -0.120. The van der Waals surface area contributed by atoms with Gasteiger partial charge in [0.1, 0.15) is 22.9 Å². The zero-order valence-corrected chi connectivity index (χ0v) is 21.5. The molecule has 0 saturated heterocycles. The lowest BCUT2D eigenvalue weighted by Crippen LogP contribution is -2.45. The number of halogens is 1. The number of anilines is 2. The van der Waals surface area contributed by atoms with Crippen molar-refractivity contribution in [1.82, 2.24) is 9.88 Å². The second kappa shape index (κ2) is 10.7. The lowest BCUT2D eigenvalue weighted by atomic mass is 10.1. The van der Waals surface area contributed by atoms with E-state index in [0.717, 1.165) is 5.39 Å². The van der Waals surface area contributed by atoms with Gasteiger partial charge in [0.2, 0.25) is 0 Å². The van der Waals surface area contributed by atoms with Crippen LogP contribution in [-0.2, 0) is 9.59 Å². The third-order valence-electron chi connectivity index (χ3n) is 6.12. The molecule has 10 heteroatoms. The number of hydrogen-bond donors (Lipinski definition) is 1. The molecule has 0 spiro atoms. The van der Waals surface area contributed by atoms with Crippen LogP contribution < -0.4 is 24.4 Å². The van der Waals surface area contributed by atoms with Gasteiger partial charge in [-0.2, -0.15) is 0 Å². The number of amides is 2. The SMILES string of the molecule is COc1cc2nccc(Oc3ccc(NC(=O)C4=CN(C)CN(c5ccc(F)cc5)C4=O)cc3)c2cc1OC. The van der Waals surface area contributed by atoms with E-state index < -0.39 is 17.6 Å². The fourth-order valence-electron chi connectivity index (χ4n) is 4.19. The Labute approximate surface area is 224 Å². The first kappa shape index (κ1) is 25.5. The predicted molar refractivity (Wildman–Crippen MR) is 145 cm³/mol. The first-order valence-electron chi connectivity index (χ1n) is 12.0. The Morgan fingerprint density at radius 1 is 0.949 bits per heavy atom. The molecular weight excluding hydrogens is 503 g/mol. The van der Waals surface area contributed by atoms with Gasteiger partial charge in [-0.25, -0.2) is 4.39 Å². The van der Waals surface area contributed by atoms with E-state index in [2.05, 4.69) is 10.3 Å². The van der Waals surface area contributed by atoms with E-state index >= 15 is 0 Å². The van der Waals surface area contributed by atoms with E-state index in [0.29, 0.717) is 39.9 Å². The number of hydrogen-bond acceptors (Lipinski definition) is 7. The van der Waals surface area contributed by atoms with Gasteiger partial charge in [-0.15, -0.1) is 0 Å². The molecule has 0 unspecified atom stereocenters. The van der Waals surface area contributed by atoms with Crippen LogP contribution in [0.1, 0.15) is 0 Å². The average Bonchev–Trinajstić information content (AvgIpc) is 2.95. The van der Waals surface area contributed by atoms with Crippen molar-refractivity contribution in [2.45, 2.75) is 0 Å². The van der Waals surface area contributed by atoms with E-state index in [1.807, 2.05) is 0 Å². The number of carbonyl (C=O) groups is 2. The molecule has 0 fully saturated rings. The summed E-state index contributed by atoms with van der Waals surface area (Å²) in [6.45, 7) is 0.232. The van der Waals surface area contributed by atoms with Crippen LogP contribution in [-0.4, -0.2) is 49.6 Å². The fraction of sp³-hybridized carbons (Fsp3) is 0.138. The topological polar surface area (TPSA) is 93.2 Å². The quantitative estimate of drug-likeness (QED) is 0.340. The van der Waals surface area contributed by atoms with Gasteiger partial charge in [0.15, 0.2) is 11.5 Å². The number of aromatic nitrogens is 1. The van der Waals surface area contributed by atoms with Crippen molar-refractivity contribution in [1.29, 1.82) is 0 Å². The molecule has 39 heavy (non-hydrogen) atoms. The first-order chi connectivity index (χ1) is 18.9. The summed E-state index contributed by atoms with van der Waals surface area (Å²) in [7, 11) is 4.87. The van der Waals surface area contributed by atoms with Crippen LogP contribution >= 0.6 is 0 Å². The monoisotopic (exact) mass is 528 g/mol. The third kappa shape index (κ3) is 5.30. The molecule has 2 heterocycles. The van der Waals surface area contributed by atoms with Crippen molar-refractivity contribution in [2.75, 3.05) is 38.2 Å². The molecule has 1 aliphatic rings. The molecule has 0 saturated carbocycles. The maximum Gasteiger partial charge on any atom is 0.266 e. The van der Waals surface area contributed by atoms with Crippen LogP contribution in [0.4, 0.5) is 15.8 Å². The van der Waals surface area contributed by atoms with Gasteiger partial charge in [0.25, 0.3) is 11.8 Å². The highest BCUT2D eigenvalue weighted by Crippen LogP contribution is 2.37. The van der Waals surface area contributed by atoms with E-state index in [1.54, 1.807) is 74.8 Å². The zero-order chi connectivity index (χ0) is 27.5. The van der Waals surface area contributed by atoms with Crippen molar-refractivity contribution in [3.8, 4) is 23.0 Å². The van der Waals surface area contributed by atoms with Crippen LogP contribution in [0.2, 0.25) is 0 Å². The minimum absolute atomic E-state index is 0.0407. The molecule has 3 aromatic carbocycles. The molecule has 9 nitrogen and oxygen atoms in total. The molecule has 1 aromatic heterocycles. The minimum atomic E-state index is -0.562. The smallest absolute Gasteiger partial charge is 0.266 e. The second-order valence-electron chi connectivity index (χ2n) is 8.76. The summed E-state index contributed by atoms with van der Waals surface area (Å²) in [6, 6.07) is 17.6. The van der Waals surface area contributed by atoms with Crippen molar-refractivity contribution < 1.29 is 28.2 Å². The van der Waals surface area contributed by atoms with Crippen molar-refractivity contribution in [3.05, 3.63) is 90.5 Å². The summed E-state index contributed by atoms with van der Waals surface area (Å²) >= 11 is 0. The van der Waals surface area contributed by atoms with Gasteiger partial charge in [0.05, 0.1) is 26.4 Å². The summed E-state index contributed by atoms with van der Waals surface area (Å²) in [5, 5.41) is 3.50. The Kier molecular flexibility index (Phi) is 7.00. The molecule has 0 radical (unpaired) electrons. The second-order valence-corrected chi connectivity index (χ2v) is 8.76. The molecule has 4 aromatic rings. The molecule has 198 valence electrons. The number of nitrogens with zero attached hydrogens (tertiary/aromatic N) is 3. The standard InChI is InChI=1S/C29H25FN4O5/c1-33-16-23(29(36)34(17-33)20-8-4-18(30)5-9-20)28(35)32-19-6-10-21(11-7-19)39-25-12-13-31-24-15-27(38-3)26(37-2)14-22(24)25/h4-16H,17H2,1-3H3,(H,32,35). The third-order valence-corrected chi connectivity index (χ3v) is 6.12. The maximum absolute atomic E-state index is 13.3. The highest BCUT2D eigenvalue weighted by atomic mass is 19.1. The largest absolute Gasteiger partial charge is 0.493 e. The normalized spacial score (nSPS) is 13.2. The van der Waals surface area contributed by atoms with Crippen LogP contribution in [0.25, 0.3) is 10.9 Å². The van der Waals surface area contributed by atoms with Crippen LogP contribution in [0, 0.1) is 5.82 Å². The van der Waals surface area contributed by atoms with Crippen LogP contribution in [0.3, 0.4) is 0 Å². The molecule has 1 N–H and O–H groups in total. The van der Waals surface area contributed by atoms with Gasteiger partial charge in [-0.05, 0) is 60.7 Å². The Hall–Kier alpha value is -5.12.